The van der Waals surface area contributed by atoms with Gasteiger partial charge in [0.2, 0.25) is 5.91 Å². The molecular weight excluding hydrogens is 497 g/mol. The highest BCUT2D eigenvalue weighted by Crippen LogP contribution is 2.60. The third-order valence-electron chi connectivity index (χ3n) is 6.94. The van der Waals surface area contributed by atoms with E-state index in [4.69, 9.17) is 5.73 Å². The minimum Gasteiger partial charge on any atom is -0.325 e. The maximum atomic E-state index is 13.6. The zero-order valence-electron chi connectivity index (χ0n) is 18.9. The number of rotatable bonds is 3. The summed E-state index contributed by atoms with van der Waals surface area (Å²) in [6.07, 6.45) is -1.83. The molecule has 4 aromatic rings. The zero-order chi connectivity index (χ0) is 24.7. The van der Waals surface area contributed by atoms with Gasteiger partial charge in [-0.25, -0.2) is 5.10 Å². The Bertz CT molecular complexity index is 1610. The Labute approximate surface area is 208 Å². The first-order valence-corrected chi connectivity index (χ1v) is 11.0. The molecule has 186 valence electrons. The molecule has 1 fully saturated rings. The molecule has 6 rings (SSSR count). The van der Waals surface area contributed by atoms with Gasteiger partial charge in [-0.3, -0.25) is 19.2 Å². The van der Waals surface area contributed by atoms with E-state index in [1.165, 1.54) is 15.6 Å². The summed E-state index contributed by atoms with van der Waals surface area (Å²) in [6, 6.07) is 8.56. The molecule has 1 amide bonds. The van der Waals surface area contributed by atoms with Gasteiger partial charge in [-0.1, -0.05) is 12.1 Å². The van der Waals surface area contributed by atoms with Crippen molar-refractivity contribution in [2.75, 3.05) is 4.90 Å². The molecule has 1 saturated carbocycles. The van der Waals surface area contributed by atoms with Crippen LogP contribution in [0.5, 0.6) is 0 Å². The first kappa shape index (κ1) is 24.0. The number of benzene rings is 2. The third-order valence-corrected chi connectivity index (χ3v) is 6.94. The van der Waals surface area contributed by atoms with Crippen LogP contribution in [0.4, 0.5) is 24.7 Å². The van der Waals surface area contributed by atoms with Crippen molar-refractivity contribution in [3.05, 3.63) is 69.8 Å². The number of hydrogen-bond donors (Lipinski definition) is 2. The van der Waals surface area contributed by atoms with Crippen LogP contribution in [0.3, 0.4) is 0 Å². The summed E-state index contributed by atoms with van der Waals surface area (Å²) in [6.45, 7) is 0.0946. The Balaban J connectivity index is 0.00000267. The second-order valence-corrected chi connectivity index (χ2v) is 8.92. The molecule has 1 spiro atoms. The van der Waals surface area contributed by atoms with Gasteiger partial charge in [0.05, 0.1) is 33.9 Å². The number of aryl methyl sites for hydroxylation is 1. The standard InChI is InChI=1S/C24H19F3N6O2.ClH/c1-32-21(16(11-29-32)12-2-4-14-15(8-12)18(10-28)30-31-20(14)34)33-19-9-13(24(25,26)27)3-5-17(19)23(6-7-23)22(33)35;/h2-5,8-9,11H,6-7,10,28H2,1H3,(H,31,34);1H. The number of aromatic amines is 1. The van der Waals surface area contributed by atoms with Crippen LogP contribution in [-0.4, -0.2) is 25.9 Å². The van der Waals surface area contributed by atoms with Crippen LogP contribution in [0.15, 0.2) is 47.4 Å². The van der Waals surface area contributed by atoms with Crippen LogP contribution in [0.1, 0.15) is 29.7 Å². The van der Waals surface area contributed by atoms with Gasteiger partial charge >= 0.3 is 6.18 Å². The molecule has 36 heavy (non-hydrogen) atoms. The Kier molecular flexibility index (Phi) is 5.27. The van der Waals surface area contributed by atoms with Crippen LogP contribution in [-0.2, 0) is 30.0 Å². The molecule has 3 N–H and O–H groups in total. The fraction of sp³-hybridized carbons (Fsp3) is 0.250. The van der Waals surface area contributed by atoms with E-state index in [-0.39, 0.29) is 36.1 Å². The zero-order valence-corrected chi connectivity index (χ0v) is 19.7. The van der Waals surface area contributed by atoms with E-state index >= 15 is 0 Å². The second-order valence-electron chi connectivity index (χ2n) is 8.92. The van der Waals surface area contributed by atoms with E-state index in [1.807, 2.05) is 0 Å². The number of nitrogens with zero attached hydrogens (tertiary/aromatic N) is 4. The molecule has 2 aliphatic rings. The van der Waals surface area contributed by atoms with Crippen molar-refractivity contribution < 1.29 is 18.0 Å². The van der Waals surface area contributed by atoms with Crippen LogP contribution in [0.25, 0.3) is 21.9 Å². The van der Waals surface area contributed by atoms with Gasteiger partial charge in [0, 0.05) is 24.5 Å². The Morgan fingerprint density at radius 2 is 1.86 bits per heavy atom. The molecule has 0 unspecified atom stereocenters. The van der Waals surface area contributed by atoms with Crippen molar-refractivity contribution in [1.82, 2.24) is 20.0 Å². The van der Waals surface area contributed by atoms with Crippen molar-refractivity contribution in [2.45, 2.75) is 31.0 Å². The normalized spacial score (nSPS) is 15.9. The molecule has 2 aromatic carbocycles. The molecule has 0 saturated heterocycles. The lowest BCUT2D eigenvalue weighted by molar-refractivity contribution is -0.137. The summed E-state index contributed by atoms with van der Waals surface area (Å²) in [5.41, 5.74) is 6.28. The number of aromatic nitrogens is 4. The van der Waals surface area contributed by atoms with E-state index in [2.05, 4.69) is 15.3 Å². The fourth-order valence-electron chi connectivity index (χ4n) is 5.00. The van der Waals surface area contributed by atoms with Crippen molar-refractivity contribution >= 4 is 40.6 Å². The molecule has 8 nitrogen and oxygen atoms in total. The second kappa shape index (κ2) is 7.90. The number of nitrogens with two attached hydrogens (primary N) is 1. The molecule has 0 radical (unpaired) electrons. The van der Waals surface area contributed by atoms with Crippen LogP contribution in [0, 0.1) is 0 Å². The first-order valence-electron chi connectivity index (χ1n) is 11.0. The van der Waals surface area contributed by atoms with Gasteiger partial charge in [0.1, 0.15) is 5.82 Å². The minimum atomic E-state index is -4.55. The third kappa shape index (κ3) is 3.26. The van der Waals surface area contributed by atoms with Crippen molar-refractivity contribution in [2.24, 2.45) is 12.8 Å². The van der Waals surface area contributed by atoms with Crippen molar-refractivity contribution in [1.29, 1.82) is 0 Å². The van der Waals surface area contributed by atoms with E-state index in [9.17, 15) is 22.8 Å². The molecule has 0 atom stereocenters. The number of fused-ring (bicyclic) bond motifs is 3. The van der Waals surface area contributed by atoms with Crippen molar-refractivity contribution in [3.63, 3.8) is 0 Å². The number of amides is 1. The lowest BCUT2D eigenvalue weighted by atomic mass is 9.97. The van der Waals surface area contributed by atoms with Crippen LogP contribution in [0.2, 0.25) is 0 Å². The summed E-state index contributed by atoms with van der Waals surface area (Å²) in [5, 5.41) is 11.7. The van der Waals surface area contributed by atoms with E-state index in [0.717, 1.165) is 12.1 Å². The van der Waals surface area contributed by atoms with Gasteiger partial charge in [-0.15, -0.1) is 12.4 Å². The summed E-state index contributed by atoms with van der Waals surface area (Å²) < 4.78 is 42.1. The predicted molar refractivity (Wildman–Crippen MR) is 129 cm³/mol. The SMILES string of the molecule is Cl.Cn1ncc(-c2ccc3c(=O)[nH]nc(CN)c3c2)c1N1C(=O)C2(CC2)c2ccc(C(F)(F)F)cc21. The van der Waals surface area contributed by atoms with Gasteiger partial charge < -0.3 is 5.73 Å². The number of hydrogen-bond acceptors (Lipinski definition) is 5. The average molecular weight is 517 g/mol. The highest BCUT2D eigenvalue weighted by Gasteiger charge is 2.60. The minimum absolute atomic E-state index is 0. The summed E-state index contributed by atoms with van der Waals surface area (Å²) in [5.74, 6) is 0.0871. The maximum Gasteiger partial charge on any atom is 0.416 e. The largest absolute Gasteiger partial charge is 0.416 e. The van der Waals surface area contributed by atoms with Crippen LogP contribution < -0.4 is 16.2 Å². The number of anilines is 2. The smallest absolute Gasteiger partial charge is 0.325 e. The van der Waals surface area contributed by atoms with E-state index < -0.39 is 17.2 Å². The molecule has 2 aromatic heterocycles. The highest BCUT2D eigenvalue weighted by molar-refractivity contribution is 6.16. The predicted octanol–water partition coefficient (Wildman–Crippen LogP) is 3.93. The quantitative estimate of drug-likeness (QED) is 0.429. The van der Waals surface area contributed by atoms with Gasteiger partial charge in [0.15, 0.2) is 0 Å². The number of halogens is 4. The molecule has 1 aliphatic heterocycles. The highest BCUT2D eigenvalue weighted by atomic mass is 35.5. The van der Waals surface area contributed by atoms with E-state index in [1.54, 1.807) is 31.4 Å². The van der Waals surface area contributed by atoms with Crippen molar-refractivity contribution in [3.8, 4) is 11.1 Å². The van der Waals surface area contributed by atoms with Crippen LogP contribution >= 0.6 is 12.4 Å². The number of carbonyl (C=O) groups is 1. The van der Waals surface area contributed by atoms with Gasteiger partial charge in [-0.2, -0.15) is 23.4 Å². The summed E-state index contributed by atoms with van der Waals surface area (Å²) in [7, 11) is 1.63. The molecule has 3 heterocycles. The van der Waals surface area contributed by atoms with E-state index in [0.29, 0.717) is 51.8 Å². The first-order chi connectivity index (χ1) is 16.7. The molecule has 0 bridgehead atoms. The lowest BCUT2D eigenvalue weighted by Gasteiger charge is -2.21. The van der Waals surface area contributed by atoms with Gasteiger partial charge in [-0.05, 0) is 48.2 Å². The fourth-order valence-corrected chi connectivity index (χ4v) is 5.00. The average Bonchev–Trinajstić information content (AvgIpc) is 3.50. The maximum absolute atomic E-state index is 13.6. The van der Waals surface area contributed by atoms with Gasteiger partial charge in [0.25, 0.3) is 5.56 Å². The Morgan fingerprint density at radius 1 is 1.11 bits per heavy atom. The molecule has 1 aliphatic carbocycles. The Hall–Kier alpha value is -3.70. The number of H-pyrrole nitrogens is 1. The summed E-state index contributed by atoms with van der Waals surface area (Å²) >= 11 is 0. The molecular formula is C24H20ClF3N6O2. The Morgan fingerprint density at radius 3 is 2.53 bits per heavy atom. The monoisotopic (exact) mass is 516 g/mol. The lowest BCUT2D eigenvalue weighted by Crippen LogP contribution is -2.29. The topological polar surface area (TPSA) is 110 Å². The number of alkyl halides is 3. The molecule has 12 heteroatoms. The number of nitrogens with one attached hydrogen (secondary N) is 1. The number of carbonyl (C=O) groups excluding carboxylic acids is 1. The summed E-state index contributed by atoms with van der Waals surface area (Å²) in [4.78, 5) is 27.2.